The number of carbonyl (C=O) groups excluding carboxylic acids is 1. The summed E-state index contributed by atoms with van der Waals surface area (Å²) < 4.78 is 0. The molecule has 0 bridgehead atoms. The zero-order valence-corrected chi connectivity index (χ0v) is 17.0. The number of carbonyl (C=O) groups is 1. The molecule has 0 aliphatic carbocycles. The second-order valence-electron chi connectivity index (χ2n) is 8.42. The second-order valence-corrected chi connectivity index (χ2v) is 8.42. The van der Waals surface area contributed by atoms with E-state index in [1.807, 2.05) is 26.5 Å². The van der Waals surface area contributed by atoms with Crippen molar-refractivity contribution in [2.75, 3.05) is 38.6 Å². The topological polar surface area (TPSA) is 68.4 Å². The van der Waals surface area contributed by atoms with Crippen molar-refractivity contribution in [3.63, 3.8) is 0 Å². The molecule has 1 N–H and O–H groups in total. The lowest BCUT2D eigenvalue weighted by Gasteiger charge is -2.33. The molecule has 0 radical (unpaired) electrons. The van der Waals surface area contributed by atoms with Gasteiger partial charge in [0.25, 0.3) is 0 Å². The fraction of sp³-hybridized carbons (Fsp3) is 0.409. The molecule has 0 unspecified atom stereocenters. The van der Waals surface area contributed by atoms with Crippen LogP contribution in [0.4, 0.5) is 10.5 Å². The van der Waals surface area contributed by atoms with Gasteiger partial charge in [-0.2, -0.15) is 5.10 Å². The summed E-state index contributed by atoms with van der Waals surface area (Å²) in [5.74, 6) is 0.841. The second kappa shape index (κ2) is 6.76. The molecule has 4 heterocycles. The van der Waals surface area contributed by atoms with Gasteiger partial charge in [-0.15, -0.1) is 0 Å². The normalized spacial score (nSPS) is 23.6. The maximum Gasteiger partial charge on any atom is 0.320 e. The summed E-state index contributed by atoms with van der Waals surface area (Å²) in [5.41, 5.74) is 4.50. The molecule has 2 aromatic heterocycles. The van der Waals surface area contributed by atoms with E-state index in [1.54, 1.807) is 4.90 Å². The van der Waals surface area contributed by atoms with Gasteiger partial charge in [0.15, 0.2) is 5.65 Å². The highest BCUT2D eigenvalue weighted by Crippen LogP contribution is 2.47. The Labute approximate surface area is 170 Å². The van der Waals surface area contributed by atoms with Crippen LogP contribution in [0.2, 0.25) is 0 Å². The zero-order valence-electron chi connectivity index (χ0n) is 17.0. The Kier molecular flexibility index (Phi) is 4.19. The van der Waals surface area contributed by atoms with E-state index in [2.05, 4.69) is 62.2 Å². The van der Waals surface area contributed by atoms with Gasteiger partial charge in [-0.3, -0.25) is 5.10 Å². The Bertz CT molecular complexity index is 1060. The van der Waals surface area contributed by atoms with Crippen LogP contribution in [-0.4, -0.2) is 64.7 Å². The minimum Gasteiger partial charge on any atom is -0.370 e. The average molecular weight is 390 g/mol. The number of H-pyrrole nitrogens is 1. The van der Waals surface area contributed by atoms with Crippen molar-refractivity contribution in [1.29, 1.82) is 0 Å². The van der Waals surface area contributed by atoms with Crippen LogP contribution in [0.15, 0.2) is 42.7 Å². The summed E-state index contributed by atoms with van der Waals surface area (Å²) in [6.07, 6.45) is 3.69. The Morgan fingerprint density at radius 2 is 2.00 bits per heavy atom. The third-order valence-corrected chi connectivity index (χ3v) is 6.47. The predicted octanol–water partition coefficient (Wildman–Crippen LogP) is 3.06. The molecular formula is C22H26N6O. The number of rotatable bonds is 2. The molecule has 5 rings (SSSR count). The lowest BCUT2D eigenvalue weighted by atomic mass is 9.88. The van der Waals surface area contributed by atoms with Crippen LogP contribution in [0.1, 0.15) is 17.2 Å². The number of aromatic amines is 1. The molecule has 2 aliphatic rings. The van der Waals surface area contributed by atoms with Gasteiger partial charge in [0.1, 0.15) is 0 Å². The van der Waals surface area contributed by atoms with E-state index in [4.69, 9.17) is 0 Å². The van der Waals surface area contributed by atoms with Crippen molar-refractivity contribution in [1.82, 2.24) is 25.0 Å². The lowest BCUT2D eigenvalue weighted by Crippen LogP contribution is -2.41. The van der Waals surface area contributed by atoms with E-state index in [0.717, 1.165) is 30.7 Å². The number of fused-ring (bicyclic) bond motifs is 2. The largest absolute Gasteiger partial charge is 0.370 e. The van der Waals surface area contributed by atoms with Crippen molar-refractivity contribution in [3.8, 4) is 0 Å². The summed E-state index contributed by atoms with van der Waals surface area (Å²) in [6, 6.07) is 10.7. The molecule has 2 amide bonds. The number of benzene rings is 1. The van der Waals surface area contributed by atoms with Gasteiger partial charge in [-0.05, 0) is 24.1 Å². The number of nitrogens with zero attached hydrogens (tertiary/aromatic N) is 5. The molecule has 3 atom stereocenters. The highest BCUT2D eigenvalue weighted by Gasteiger charge is 2.50. The van der Waals surface area contributed by atoms with Crippen LogP contribution in [0.3, 0.4) is 0 Å². The van der Waals surface area contributed by atoms with E-state index >= 15 is 0 Å². The first kappa shape index (κ1) is 18.0. The van der Waals surface area contributed by atoms with Gasteiger partial charge >= 0.3 is 6.03 Å². The molecule has 0 saturated carbocycles. The zero-order chi connectivity index (χ0) is 20.1. The number of pyridine rings is 1. The number of aryl methyl sites for hydroxylation is 1. The van der Waals surface area contributed by atoms with Crippen molar-refractivity contribution in [2.45, 2.75) is 13.0 Å². The van der Waals surface area contributed by atoms with Crippen LogP contribution in [0, 0.1) is 18.8 Å². The van der Waals surface area contributed by atoms with Crippen LogP contribution in [-0.2, 0) is 0 Å². The number of nitrogens with one attached hydrogen (secondary N) is 1. The first-order valence-corrected chi connectivity index (χ1v) is 10.1. The van der Waals surface area contributed by atoms with Crippen LogP contribution in [0.25, 0.3) is 11.0 Å². The fourth-order valence-electron chi connectivity index (χ4n) is 5.13. The Hall–Kier alpha value is -3.09. The summed E-state index contributed by atoms with van der Waals surface area (Å²) in [7, 11) is 3.68. The maximum absolute atomic E-state index is 13.0. The van der Waals surface area contributed by atoms with E-state index < -0.39 is 0 Å². The third-order valence-electron chi connectivity index (χ3n) is 6.47. The van der Waals surface area contributed by atoms with E-state index in [9.17, 15) is 4.79 Å². The smallest absolute Gasteiger partial charge is 0.320 e. The number of hydrogen-bond donors (Lipinski definition) is 1. The van der Waals surface area contributed by atoms with Gasteiger partial charge in [-0.1, -0.05) is 24.3 Å². The summed E-state index contributed by atoms with van der Waals surface area (Å²) in [6.45, 7) is 4.79. The van der Waals surface area contributed by atoms with Gasteiger partial charge in [0.2, 0.25) is 0 Å². The van der Waals surface area contributed by atoms with Crippen molar-refractivity contribution in [3.05, 3.63) is 53.9 Å². The molecule has 150 valence electrons. The number of amides is 2. The molecule has 29 heavy (non-hydrogen) atoms. The summed E-state index contributed by atoms with van der Waals surface area (Å²) >= 11 is 0. The summed E-state index contributed by atoms with van der Waals surface area (Å²) in [5, 5.41) is 8.18. The van der Waals surface area contributed by atoms with Gasteiger partial charge in [0, 0.05) is 51.8 Å². The molecule has 2 fully saturated rings. The molecular weight excluding hydrogens is 364 g/mol. The number of urea groups is 1. The van der Waals surface area contributed by atoms with Crippen LogP contribution in [0.5, 0.6) is 0 Å². The minimum absolute atomic E-state index is 0.0975. The minimum atomic E-state index is 0.0975. The van der Waals surface area contributed by atoms with E-state index in [1.165, 1.54) is 16.8 Å². The molecule has 1 aromatic carbocycles. The number of aromatic nitrogens is 3. The fourth-order valence-corrected chi connectivity index (χ4v) is 5.13. The molecule has 2 aliphatic heterocycles. The first-order chi connectivity index (χ1) is 14.0. The van der Waals surface area contributed by atoms with Gasteiger partial charge < -0.3 is 14.7 Å². The van der Waals surface area contributed by atoms with Gasteiger partial charge in [0.05, 0.1) is 23.3 Å². The van der Waals surface area contributed by atoms with Crippen LogP contribution < -0.4 is 4.90 Å². The summed E-state index contributed by atoms with van der Waals surface area (Å²) in [4.78, 5) is 23.6. The molecule has 3 aromatic rings. The highest BCUT2D eigenvalue weighted by atomic mass is 16.2. The third kappa shape index (κ3) is 2.84. The monoisotopic (exact) mass is 390 g/mol. The van der Waals surface area contributed by atoms with Crippen molar-refractivity contribution in [2.24, 2.45) is 11.8 Å². The SMILES string of the molecule is Cc1ccccc1[C@H]1[C@@H]2CN(c3ccnc4[nH]ncc34)C[C@@H]2CN1C(=O)N(C)C. The number of anilines is 1. The quantitative estimate of drug-likeness (QED) is 0.730. The Morgan fingerprint density at radius 1 is 1.17 bits per heavy atom. The standard InChI is InChI=1S/C22H26N6O/c1-14-6-4-5-7-16(14)20-18-13-27(11-15(18)12-28(20)22(29)26(2)3)19-8-9-23-21-17(19)10-24-25-21/h4-10,15,18,20H,11-13H2,1-3H3,(H,23,24,25)/t15-,18-,20+/m1/s1. The molecule has 7 heteroatoms. The first-order valence-electron chi connectivity index (χ1n) is 10.1. The van der Waals surface area contributed by atoms with Gasteiger partial charge in [-0.25, -0.2) is 9.78 Å². The maximum atomic E-state index is 13.0. The van der Waals surface area contributed by atoms with E-state index in [-0.39, 0.29) is 12.1 Å². The predicted molar refractivity (Wildman–Crippen MR) is 113 cm³/mol. The molecule has 7 nitrogen and oxygen atoms in total. The lowest BCUT2D eigenvalue weighted by molar-refractivity contribution is 0.159. The Balaban J connectivity index is 1.51. The van der Waals surface area contributed by atoms with Crippen molar-refractivity contribution < 1.29 is 4.79 Å². The van der Waals surface area contributed by atoms with E-state index in [0.29, 0.717) is 11.8 Å². The number of likely N-dealkylation sites (tertiary alicyclic amines) is 1. The Morgan fingerprint density at radius 3 is 2.79 bits per heavy atom. The molecule has 0 spiro atoms. The van der Waals surface area contributed by atoms with Crippen molar-refractivity contribution >= 4 is 22.8 Å². The molecule has 2 saturated heterocycles. The average Bonchev–Trinajstić information content (AvgIpc) is 3.41. The number of hydrogen-bond acceptors (Lipinski definition) is 4. The van der Waals surface area contributed by atoms with Crippen LogP contribution >= 0.6 is 0 Å². The highest BCUT2D eigenvalue weighted by molar-refractivity contribution is 5.89.